The maximum absolute atomic E-state index is 9.28. The van der Waals surface area contributed by atoms with E-state index in [1.54, 1.807) is 11.8 Å². The standard InChI is InChI=1S/C15H20N2O2S/c1-11-7-12(2)17(16-11)14-5-3-13(4-6-14)9-20-10-15(19)8-18/h3-7,15,18-19H,8-10H2,1-2H3. The average Bonchev–Trinajstić information content (AvgIpc) is 2.78. The van der Waals surface area contributed by atoms with Gasteiger partial charge in [-0.3, -0.25) is 0 Å². The summed E-state index contributed by atoms with van der Waals surface area (Å²) in [7, 11) is 0. The second-order valence-corrected chi connectivity index (χ2v) is 5.89. The summed E-state index contributed by atoms with van der Waals surface area (Å²) in [5, 5.41) is 22.5. The molecule has 0 radical (unpaired) electrons. The highest BCUT2D eigenvalue weighted by atomic mass is 32.2. The lowest BCUT2D eigenvalue weighted by atomic mass is 10.2. The molecular formula is C15H20N2O2S. The van der Waals surface area contributed by atoms with Crippen molar-refractivity contribution in [1.82, 2.24) is 9.78 Å². The number of nitrogens with zero attached hydrogens (tertiary/aromatic N) is 2. The van der Waals surface area contributed by atoms with Gasteiger partial charge in [-0.05, 0) is 37.6 Å². The third-order valence-electron chi connectivity index (χ3n) is 2.98. The number of aromatic nitrogens is 2. The fraction of sp³-hybridized carbons (Fsp3) is 0.400. The molecule has 0 saturated carbocycles. The van der Waals surface area contributed by atoms with Crippen LogP contribution in [0.3, 0.4) is 0 Å². The molecule has 1 unspecified atom stereocenters. The molecule has 0 aliphatic carbocycles. The van der Waals surface area contributed by atoms with Crippen LogP contribution in [0.4, 0.5) is 0 Å². The van der Waals surface area contributed by atoms with Gasteiger partial charge in [0.05, 0.1) is 24.1 Å². The van der Waals surface area contributed by atoms with Crippen LogP contribution in [0.5, 0.6) is 0 Å². The Bertz CT molecular complexity index is 552. The maximum Gasteiger partial charge on any atom is 0.0861 e. The third kappa shape index (κ3) is 3.85. The molecule has 0 aliphatic rings. The van der Waals surface area contributed by atoms with Crippen molar-refractivity contribution in [2.75, 3.05) is 12.4 Å². The minimum atomic E-state index is -0.631. The van der Waals surface area contributed by atoms with Gasteiger partial charge < -0.3 is 10.2 Å². The molecular weight excluding hydrogens is 272 g/mol. The molecule has 2 rings (SSSR count). The summed E-state index contributed by atoms with van der Waals surface area (Å²) in [6.07, 6.45) is -0.631. The topological polar surface area (TPSA) is 58.3 Å². The van der Waals surface area contributed by atoms with Crippen molar-refractivity contribution in [1.29, 1.82) is 0 Å². The summed E-state index contributed by atoms with van der Waals surface area (Å²) in [5.41, 5.74) is 4.39. The van der Waals surface area contributed by atoms with E-state index in [-0.39, 0.29) is 6.61 Å². The van der Waals surface area contributed by atoms with Crippen LogP contribution in [0, 0.1) is 13.8 Å². The lowest BCUT2D eigenvalue weighted by Crippen LogP contribution is -2.14. The van der Waals surface area contributed by atoms with Gasteiger partial charge in [-0.15, -0.1) is 0 Å². The van der Waals surface area contributed by atoms with E-state index in [1.165, 1.54) is 5.56 Å². The van der Waals surface area contributed by atoms with Gasteiger partial charge >= 0.3 is 0 Å². The number of aliphatic hydroxyl groups is 2. The molecule has 0 amide bonds. The zero-order chi connectivity index (χ0) is 14.5. The molecule has 1 heterocycles. The van der Waals surface area contributed by atoms with Gasteiger partial charge in [0.1, 0.15) is 0 Å². The highest BCUT2D eigenvalue weighted by Gasteiger charge is 2.05. The number of aliphatic hydroxyl groups excluding tert-OH is 2. The first-order chi connectivity index (χ1) is 9.60. The van der Waals surface area contributed by atoms with Crippen LogP contribution in [0.25, 0.3) is 5.69 Å². The Morgan fingerprint density at radius 2 is 1.95 bits per heavy atom. The average molecular weight is 292 g/mol. The monoisotopic (exact) mass is 292 g/mol. The van der Waals surface area contributed by atoms with Crippen molar-refractivity contribution in [2.24, 2.45) is 0 Å². The first-order valence-electron chi connectivity index (χ1n) is 6.59. The molecule has 0 saturated heterocycles. The van der Waals surface area contributed by atoms with Crippen LogP contribution >= 0.6 is 11.8 Å². The van der Waals surface area contributed by atoms with Gasteiger partial charge in [0.25, 0.3) is 0 Å². The summed E-state index contributed by atoms with van der Waals surface area (Å²) in [6.45, 7) is 3.85. The smallest absolute Gasteiger partial charge is 0.0861 e. The highest BCUT2D eigenvalue weighted by molar-refractivity contribution is 7.98. The SMILES string of the molecule is Cc1cc(C)n(-c2ccc(CSCC(O)CO)cc2)n1. The molecule has 0 fully saturated rings. The molecule has 0 aliphatic heterocycles. The molecule has 5 heteroatoms. The molecule has 1 aromatic heterocycles. The first kappa shape index (κ1) is 15.1. The molecule has 108 valence electrons. The Morgan fingerprint density at radius 3 is 2.50 bits per heavy atom. The second-order valence-electron chi connectivity index (χ2n) is 4.86. The minimum Gasteiger partial charge on any atom is -0.394 e. The fourth-order valence-electron chi connectivity index (χ4n) is 1.99. The van der Waals surface area contributed by atoms with E-state index < -0.39 is 6.10 Å². The van der Waals surface area contributed by atoms with Gasteiger partial charge in [-0.2, -0.15) is 16.9 Å². The Balaban J connectivity index is 1.98. The van der Waals surface area contributed by atoms with E-state index in [9.17, 15) is 5.11 Å². The van der Waals surface area contributed by atoms with Crippen LogP contribution < -0.4 is 0 Å². The van der Waals surface area contributed by atoms with E-state index in [4.69, 9.17) is 5.11 Å². The Kier molecular flexibility index (Phi) is 5.23. The molecule has 0 bridgehead atoms. The van der Waals surface area contributed by atoms with Crippen LogP contribution in [-0.2, 0) is 5.75 Å². The second kappa shape index (κ2) is 6.92. The van der Waals surface area contributed by atoms with Crippen LogP contribution in [0.15, 0.2) is 30.3 Å². The predicted octanol–water partition coefficient (Wildman–Crippen LogP) is 2.08. The third-order valence-corrected chi connectivity index (χ3v) is 4.14. The summed E-state index contributed by atoms with van der Waals surface area (Å²) in [6, 6.07) is 10.3. The van der Waals surface area contributed by atoms with Crippen molar-refractivity contribution >= 4 is 11.8 Å². The van der Waals surface area contributed by atoms with Crippen molar-refractivity contribution < 1.29 is 10.2 Å². The first-order valence-corrected chi connectivity index (χ1v) is 7.75. The van der Waals surface area contributed by atoms with Gasteiger partial charge in [0.2, 0.25) is 0 Å². The van der Waals surface area contributed by atoms with E-state index in [2.05, 4.69) is 35.4 Å². The maximum atomic E-state index is 9.28. The summed E-state index contributed by atoms with van der Waals surface area (Å²) < 4.78 is 1.93. The van der Waals surface area contributed by atoms with Gasteiger partial charge in [0.15, 0.2) is 0 Å². The Labute approximate surface area is 123 Å². The molecule has 2 aromatic rings. The Hall–Kier alpha value is -1.30. The lowest BCUT2D eigenvalue weighted by Gasteiger charge is -2.08. The Morgan fingerprint density at radius 1 is 1.25 bits per heavy atom. The van der Waals surface area contributed by atoms with Gasteiger partial charge in [0, 0.05) is 17.2 Å². The van der Waals surface area contributed by atoms with Gasteiger partial charge in [-0.1, -0.05) is 12.1 Å². The quantitative estimate of drug-likeness (QED) is 0.856. The van der Waals surface area contributed by atoms with E-state index in [1.807, 2.05) is 18.5 Å². The number of rotatable bonds is 6. The number of hydrogen-bond acceptors (Lipinski definition) is 4. The fourth-order valence-corrected chi connectivity index (χ4v) is 2.91. The van der Waals surface area contributed by atoms with E-state index in [0.717, 1.165) is 22.8 Å². The minimum absolute atomic E-state index is 0.177. The zero-order valence-electron chi connectivity index (χ0n) is 11.8. The number of aryl methyl sites for hydroxylation is 2. The van der Waals surface area contributed by atoms with E-state index >= 15 is 0 Å². The molecule has 2 N–H and O–H groups in total. The number of thioether (sulfide) groups is 1. The summed E-state index contributed by atoms with van der Waals surface area (Å²) in [4.78, 5) is 0. The molecule has 4 nitrogen and oxygen atoms in total. The molecule has 20 heavy (non-hydrogen) atoms. The largest absolute Gasteiger partial charge is 0.394 e. The van der Waals surface area contributed by atoms with Crippen molar-refractivity contribution in [3.05, 3.63) is 47.3 Å². The normalized spacial score (nSPS) is 12.6. The van der Waals surface area contributed by atoms with Crippen molar-refractivity contribution in [2.45, 2.75) is 25.7 Å². The van der Waals surface area contributed by atoms with Crippen LogP contribution in [0.2, 0.25) is 0 Å². The summed E-state index contributed by atoms with van der Waals surface area (Å²) >= 11 is 1.62. The lowest BCUT2D eigenvalue weighted by molar-refractivity contribution is 0.113. The van der Waals surface area contributed by atoms with Crippen LogP contribution in [0.1, 0.15) is 17.0 Å². The predicted molar refractivity (Wildman–Crippen MR) is 82.3 cm³/mol. The van der Waals surface area contributed by atoms with Crippen LogP contribution in [-0.4, -0.2) is 38.5 Å². The number of hydrogen-bond donors (Lipinski definition) is 2. The highest BCUT2D eigenvalue weighted by Crippen LogP contribution is 2.17. The molecule has 1 atom stereocenters. The van der Waals surface area contributed by atoms with Crippen molar-refractivity contribution in [3.8, 4) is 5.69 Å². The zero-order valence-corrected chi connectivity index (χ0v) is 12.6. The summed E-state index contributed by atoms with van der Waals surface area (Å²) in [5.74, 6) is 1.38. The van der Waals surface area contributed by atoms with Gasteiger partial charge in [-0.25, -0.2) is 4.68 Å². The molecule has 1 aromatic carbocycles. The number of benzene rings is 1. The van der Waals surface area contributed by atoms with E-state index in [0.29, 0.717) is 5.75 Å². The molecule has 0 spiro atoms. The van der Waals surface area contributed by atoms with Crippen molar-refractivity contribution in [3.63, 3.8) is 0 Å².